The molecule has 1 rings (SSSR count). The van der Waals surface area contributed by atoms with Crippen LogP contribution in [0.3, 0.4) is 0 Å². The van der Waals surface area contributed by atoms with E-state index in [9.17, 15) is 4.79 Å². The van der Waals surface area contributed by atoms with Gasteiger partial charge in [0, 0.05) is 6.07 Å². The molecule has 1 heterocycles. The van der Waals surface area contributed by atoms with Crippen LogP contribution in [0.1, 0.15) is 11.3 Å². The third-order valence-corrected chi connectivity index (χ3v) is 1.35. The summed E-state index contributed by atoms with van der Waals surface area (Å²) in [5, 5.41) is 8.41. The third kappa shape index (κ3) is 1.49. The smallest absolute Gasteiger partial charge is 0.192 e. The van der Waals surface area contributed by atoms with Gasteiger partial charge in [-0.15, -0.1) is 0 Å². The van der Waals surface area contributed by atoms with E-state index in [2.05, 4.69) is 0 Å². The van der Waals surface area contributed by atoms with Crippen LogP contribution in [0.4, 0.5) is 0 Å². The van der Waals surface area contributed by atoms with Crippen LogP contribution in [-0.4, -0.2) is 5.11 Å². The third-order valence-electron chi connectivity index (χ3n) is 1.35. The zero-order valence-electron chi connectivity index (χ0n) is 6.07. The van der Waals surface area contributed by atoms with Gasteiger partial charge in [0.15, 0.2) is 5.43 Å². The van der Waals surface area contributed by atoms with E-state index in [1.165, 1.54) is 18.4 Å². The molecule has 0 aliphatic carbocycles. The second-order valence-corrected chi connectivity index (χ2v) is 2.07. The molecule has 0 bridgehead atoms. The van der Waals surface area contributed by atoms with E-state index in [4.69, 9.17) is 9.52 Å². The second-order valence-electron chi connectivity index (χ2n) is 2.07. The predicted molar refractivity (Wildman–Crippen MR) is 41.4 cm³/mol. The lowest BCUT2D eigenvalue weighted by atomic mass is 10.2. The normalized spacial score (nSPS) is 10.6. The fourth-order valence-corrected chi connectivity index (χ4v) is 0.799. The molecule has 0 aliphatic heterocycles. The summed E-state index contributed by atoms with van der Waals surface area (Å²) in [5.41, 5.74) is 0.231. The summed E-state index contributed by atoms with van der Waals surface area (Å²) >= 11 is 0. The molecule has 1 aromatic rings. The van der Waals surface area contributed by atoms with Gasteiger partial charge >= 0.3 is 0 Å². The number of aliphatic hydroxyl groups is 1. The Morgan fingerprint density at radius 3 is 2.91 bits per heavy atom. The van der Waals surface area contributed by atoms with Gasteiger partial charge in [-0.05, 0) is 13.0 Å². The predicted octanol–water partition coefficient (Wildman–Crippen LogP) is 1.48. The highest BCUT2D eigenvalue weighted by Crippen LogP contribution is 2.02. The Hall–Kier alpha value is -1.51. The lowest BCUT2D eigenvalue weighted by molar-refractivity contribution is 0.476. The average Bonchev–Trinajstić information content (AvgIpc) is 1.97. The molecule has 0 aromatic carbocycles. The molecule has 0 spiro atoms. The zero-order valence-corrected chi connectivity index (χ0v) is 6.07. The van der Waals surface area contributed by atoms with Crippen molar-refractivity contribution < 1.29 is 9.52 Å². The average molecular weight is 152 g/mol. The molecule has 1 aromatic heterocycles. The molecule has 0 radical (unpaired) electrons. The maximum absolute atomic E-state index is 11.0. The summed E-state index contributed by atoms with van der Waals surface area (Å²) in [6.07, 6.45) is 3.45. The topological polar surface area (TPSA) is 50.4 Å². The van der Waals surface area contributed by atoms with Crippen molar-refractivity contribution >= 4 is 6.08 Å². The van der Waals surface area contributed by atoms with E-state index in [1.807, 2.05) is 0 Å². The lowest BCUT2D eigenvalue weighted by Gasteiger charge is -1.94. The van der Waals surface area contributed by atoms with Crippen LogP contribution in [0, 0.1) is 6.92 Å². The SMILES string of the molecule is Cc1occc(=O)c1/C=C\O. The van der Waals surface area contributed by atoms with Gasteiger partial charge in [-0.1, -0.05) is 0 Å². The van der Waals surface area contributed by atoms with E-state index in [0.717, 1.165) is 6.26 Å². The molecule has 0 atom stereocenters. The minimum absolute atomic E-state index is 0.154. The summed E-state index contributed by atoms with van der Waals surface area (Å²) in [4.78, 5) is 11.0. The fourth-order valence-electron chi connectivity index (χ4n) is 0.799. The van der Waals surface area contributed by atoms with E-state index < -0.39 is 0 Å². The van der Waals surface area contributed by atoms with Crippen LogP contribution >= 0.6 is 0 Å². The minimum atomic E-state index is -0.154. The lowest BCUT2D eigenvalue weighted by Crippen LogP contribution is -2.03. The highest BCUT2D eigenvalue weighted by Gasteiger charge is 1.99. The first-order valence-corrected chi connectivity index (χ1v) is 3.15. The number of hydrogen-bond acceptors (Lipinski definition) is 3. The molecule has 3 nitrogen and oxygen atoms in total. The molecule has 0 saturated heterocycles. The van der Waals surface area contributed by atoms with E-state index in [-0.39, 0.29) is 5.43 Å². The fraction of sp³-hybridized carbons (Fsp3) is 0.125. The van der Waals surface area contributed by atoms with Gasteiger partial charge in [0.1, 0.15) is 5.76 Å². The molecule has 0 amide bonds. The number of hydrogen-bond donors (Lipinski definition) is 1. The Morgan fingerprint density at radius 1 is 1.64 bits per heavy atom. The van der Waals surface area contributed by atoms with Crippen LogP contribution in [-0.2, 0) is 0 Å². The van der Waals surface area contributed by atoms with Crippen molar-refractivity contribution in [1.29, 1.82) is 0 Å². The Balaban J connectivity index is 3.32. The molecule has 1 N–H and O–H groups in total. The van der Waals surface area contributed by atoms with Gasteiger partial charge in [0.2, 0.25) is 0 Å². The van der Waals surface area contributed by atoms with Crippen molar-refractivity contribution in [2.24, 2.45) is 0 Å². The standard InChI is InChI=1S/C8H8O3/c1-6-7(2-4-9)8(10)3-5-11-6/h2-5,9H,1H3/b4-2-. The van der Waals surface area contributed by atoms with Gasteiger partial charge in [-0.3, -0.25) is 4.79 Å². The van der Waals surface area contributed by atoms with Crippen LogP contribution in [0.25, 0.3) is 6.08 Å². The number of aliphatic hydroxyl groups excluding tert-OH is 1. The Morgan fingerprint density at radius 2 is 2.36 bits per heavy atom. The quantitative estimate of drug-likeness (QED) is 0.620. The summed E-state index contributed by atoms with van der Waals surface area (Å²) in [6, 6.07) is 1.31. The first-order valence-electron chi connectivity index (χ1n) is 3.15. The van der Waals surface area contributed by atoms with Crippen molar-refractivity contribution in [3.63, 3.8) is 0 Å². The zero-order chi connectivity index (χ0) is 8.27. The summed E-state index contributed by atoms with van der Waals surface area (Å²) in [5.74, 6) is 0.503. The first kappa shape index (κ1) is 7.60. The number of rotatable bonds is 1. The Bertz CT molecular complexity index is 322. The van der Waals surface area contributed by atoms with Gasteiger partial charge in [-0.2, -0.15) is 0 Å². The van der Waals surface area contributed by atoms with Crippen molar-refractivity contribution in [3.05, 3.63) is 40.1 Å². The molecule has 0 saturated carbocycles. The molecule has 58 valence electrons. The van der Waals surface area contributed by atoms with E-state index in [0.29, 0.717) is 11.3 Å². The van der Waals surface area contributed by atoms with E-state index >= 15 is 0 Å². The number of aryl methyl sites for hydroxylation is 1. The van der Waals surface area contributed by atoms with Gasteiger partial charge in [-0.25, -0.2) is 0 Å². The molecular weight excluding hydrogens is 144 g/mol. The molecule has 0 unspecified atom stereocenters. The van der Waals surface area contributed by atoms with Crippen LogP contribution < -0.4 is 5.43 Å². The van der Waals surface area contributed by atoms with Crippen LogP contribution in [0.15, 0.2) is 27.8 Å². The summed E-state index contributed by atoms with van der Waals surface area (Å²) in [6.45, 7) is 1.66. The molecule has 0 aliphatic rings. The summed E-state index contributed by atoms with van der Waals surface area (Å²) in [7, 11) is 0. The van der Waals surface area contributed by atoms with Crippen molar-refractivity contribution in [2.45, 2.75) is 6.92 Å². The molecular formula is C8H8O3. The van der Waals surface area contributed by atoms with Gasteiger partial charge < -0.3 is 9.52 Å². The van der Waals surface area contributed by atoms with Crippen molar-refractivity contribution in [3.8, 4) is 0 Å². The van der Waals surface area contributed by atoms with Crippen LogP contribution in [0.5, 0.6) is 0 Å². The van der Waals surface area contributed by atoms with Crippen molar-refractivity contribution in [2.75, 3.05) is 0 Å². The Kier molecular flexibility index (Phi) is 2.11. The minimum Gasteiger partial charge on any atom is -0.516 e. The maximum atomic E-state index is 11.0. The molecule has 3 heteroatoms. The molecule has 0 fully saturated rings. The summed E-state index contributed by atoms with van der Waals surface area (Å²) < 4.78 is 4.93. The van der Waals surface area contributed by atoms with Gasteiger partial charge in [0.25, 0.3) is 0 Å². The van der Waals surface area contributed by atoms with Crippen molar-refractivity contribution in [1.82, 2.24) is 0 Å². The van der Waals surface area contributed by atoms with E-state index in [1.54, 1.807) is 6.92 Å². The largest absolute Gasteiger partial charge is 0.516 e. The first-order chi connectivity index (χ1) is 5.25. The Labute approximate surface area is 63.6 Å². The molecule has 11 heavy (non-hydrogen) atoms. The van der Waals surface area contributed by atoms with Crippen LogP contribution in [0.2, 0.25) is 0 Å². The monoisotopic (exact) mass is 152 g/mol. The van der Waals surface area contributed by atoms with Gasteiger partial charge in [0.05, 0.1) is 18.1 Å². The second kappa shape index (κ2) is 3.05. The highest BCUT2D eigenvalue weighted by atomic mass is 16.3. The highest BCUT2D eigenvalue weighted by molar-refractivity contribution is 5.48. The maximum Gasteiger partial charge on any atom is 0.192 e.